The third-order valence-corrected chi connectivity index (χ3v) is 2.16. The molecule has 0 N–H and O–H groups in total. The molecule has 17 heavy (non-hydrogen) atoms. The lowest BCUT2D eigenvalue weighted by atomic mass is 10.1. The highest BCUT2D eigenvalue weighted by molar-refractivity contribution is 5.95. The Kier molecular flexibility index (Phi) is 3.40. The van der Waals surface area contributed by atoms with Gasteiger partial charge in [0.15, 0.2) is 0 Å². The quantitative estimate of drug-likeness (QED) is 0.750. The highest BCUT2D eigenvalue weighted by Crippen LogP contribution is 2.19. The van der Waals surface area contributed by atoms with Gasteiger partial charge >= 0.3 is 5.97 Å². The monoisotopic (exact) mass is 229 g/mol. The van der Waals surface area contributed by atoms with Gasteiger partial charge in [-0.15, -0.1) is 0 Å². The molecule has 2 heterocycles. The Labute approximate surface area is 98.5 Å². The molecule has 5 heteroatoms. The van der Waals surface area contributed by atoms with Gasteiger partial charge in [0.05, 0.1) is 12.3 Å². The van der Waals surface area contributed by atoms with Crippen molar-refractivity contribution in [1.82, 2.24) is 15.0 Å². The van der Waals surface area contributed by atoms with E-state index in [4.69, 9.17) is 4.74 Å². The van der Waals surface area contributed by atoms with Crippen LogP contribution in [0.3, 0.4) is 0 Å². The molecule has 0 spiro atoms. The van der Waals surface area contributed by atoms with Crippen LogP contribution in [0.4, 0.5) is 0 Å². The molecule has 86 valence electrons. The first kappa shape index (κ1) is 11.2. The predicted octanol–water partition coefficient (Wildman–Crippen LogP) is 1.72. The number of carbonyl (C=O) groups excluding carboxylic acids is 1. The SMILES string of the molecule is CCOC(=O)c1cncnc1-c1ccncc1. The van der Waals surface area contributed by atoms with Crippen LogP contribution in [-0.4, -0.2) is 27.5 Å². The van der Waals surface area contributed by atoms with Gasteiger partial charge in [0.1, 0.15) is 11.9 Å². The average molecular weight is 229 g/mol. The van der Waals surface area contributed by atoms with Crippen LogP contribution in [0, 0.1) is 0 Å². The van der Waals surface area contributed by atoms with E-state index in [0.29, 0.717) is 17.9 Å². The highest BCUT2D eigenvalue weighted by atomic mass is 16.5. The fraction of sp³-hybridized carbons (Fsp3) is 0.167. The summed E-state index contributed by atoms with van der Waals surface area (Å²) >= 11 is 0. The number of rotatable bonds is 3. The fourth-order valence-corrected chi connectivity index (χ4v) is 1.43. The van der Waals surface area contributed by atoms with Gasteiger partial charge in [-0.2, -0.15) is 0 Å². The number of esters is 1. The minimum absolute atomic E-state index is 0.323. The Morgan fingerprint density at radius 2 is 2.06 bits per heavy atom. The van der Waals surface area contributed by atoms with Gasteiger partial charge < -0.3 is 4.74 Å². The summed E-state index contributed by atoms with van der Waals surface area (Å²) < 4.78 is 4.96. The van der Waals surface area contributed by atoms with Crippen LogP contribution in [0.2, 0.25) is 0 Å². The molecule has 0 saturated carbocycles. The van der Waals surface area contributed by atoms with Crippen LogP contribution in [0.15, 0.2) is 37.1 Å². The largest absolute Gasteiger partial charge is 0.462 e. The molecule has 0 atom stereocenters. The van der Waals surface area contributed by atoms with Gasteiger partial charge in [-0.3, -0.25) is 4.98 Å². The number of carbonyl (C=O) groups is 1. The first-order valence-corrected chi connectivity index (χ1v) is 5.20. The molecule has 0 fully saturated rings. The van der Waals surface area contributed by atoms with E-state index in [1.807, 2.05) is 0 Å². The highest BCUT2D eigenvalue weighted by Gasteiger charge is 2.14. The van der Waals surface area contributed by atoms with Crippen molar-refractivity contribution in [1.29, 1.82) is 0 Å². The summed E-state index contributed by atoms with van der Waals surface area (Å²) in [5.74, 6) is -0.417. The maximum Gasteiger partial charge on any atom is 0.341 e. The predicted molar refractivity (Wildman–Crippen MR) is 61.2 cm³/mol. The molecule has 0 aliphatic carbocycles. The van der Waals surface area contributed by atoms with Crippen molar-refractivity contribution < 1.29 is 9.53 Å². The van der Waals surface area contributed by atoms with Crippen molar-refractivity contribution in [3.05, 3.63) is 42.6 Å². The third kappa shape index (κ3) is 2.44. The lowest BCUT2D eigenvalue weighted by Crippen LogP contribution is -2.08. The number of hydrogen-bond donors (Lipinski definition) is 0. The summed E-state index contributed by atoms with van der Waals surface area (Å²) in [6.07, 6.45) is 6.15. The molecule has 0 saturated heterocycles. The Balaban J connectivity index is 2.45. The summed E-state index contributed by atoms with van der Waals surface area (Å²) in [6, 6.07) is 3.57. The minimum atomic E-state index is -0.417. The molecular formula is C12H11N3O2. The van der Waals surface area contributed by atoms with Gasteiger partial charge in [-0.25, -0.2) is 14.8 Å². The maximum absolute atomic E-state index is 11.7. The zero-order valence-electron chi connectivity index (χ0n) is 9.33. The van der Waals surface area contributed by atoms with E-state index in [9.17, 15) is 4.79 Å². The Morgan fingerprint density at radius 3 is 2.76 bits per heavy atom. The van der Waals surface area contributed by atoms with Crippen LogP contribution in [0.5, 0.6) is 0 Å². The number of nitrogens with zero attached hydrogens (tertiary/aromatic N) is 3. The fourth-order valence-electron chi connectivity index (χ4n) is 1.43. The number of pyridine rings is 1. The van der Waals surface area contributed by atoms with Crippen molar-refractivity contribution in [3.8, 4) is 11.3 Å². The molecule has 0 bridgehead atoms. The van der Waals surface area contributed by atoms with E-state index in [2.05, 4.69) is 15.0 Å². The maximum atomic E-state index is 11.7. The van der Waals surface area contributed by atoms with E-state index in [1.165, 1.54) is 12.5 Å². The summed E-state index contributed by atoms with van der Waals surface area (Å²) in [5.41, 5.74) is 1.73. The Hall–Kier alpha value is -2.30. The van der Waals surface area contributed by atoms with Gasteiger partial charge in [-0.05, 0) is 19.1 Å². The molecular weight excluding hydrogens is 218 g/mol. The summed E-state index contributed by atoms with van der Waals surface area (Å²) in [6.45, 7) is 2.08. The van der Waals surface area contributed by atoms with Gasteiger partial charge in [0, 0.05) is 24.2 Å². The average Bonchev–Trinajstić information content (AvgIpc) is 2.40. The van der Waals surface area contributed by atoms with Crippen LogP contribution in [-0.2, 0) is 4.74 Å². The van der Waals surface area contributed by atoms with Crippen molar-refractivity contribution in [2.24, 2.45) is 0 Å². The molecule has 2 aromatic heterocycles. The van der Waals surface area contributed by atoms with Crippen LogP contribution in [0.25, 0.3) is 11.3 Å². The van der Waals surface area contributed by atoms with Crippen LogP contribution >= 0.6 is 0 Å². The number of aromatic nitrogens is 3. The summed E-state index contributed by atoms with van der Waals surface area (Å²) in [4.78, 5) is 23.6. The molecule has 0 radical (unpaired) electrons. The zero-order chi connectivity index (χ0) is 12.1. The molecule has 0 unspecified atom stereocenters. The Bertz CT molecular complexity index is 514. The van der Waals surface area contributed by atoms with Gasteiger partial charge in [-0.1, -0.05) is 0 Å². The number of ether oxygens (including phenoxy) is 1. The van der Waals surface area contributed by atoms with Crippen LogP contribution < -0.4 is 0 Å². The second-order valence-electron chi connectivity index (χ2n) is 3.24. The third-order valence-electron chi connectivity index (χ3n) is 2.16. The molecule has 2 rings (SSSR count). The first-order chi connectivity index (χ1) is 8.33. The topological polar surface area (TPSA) is 65.0 Å². The molecule has 5 nitrogen and oxygen atoms in total. The summed E-state index contributed by atoms with van der Waals surface area (Å²) in [5, 5.41) is 0. The second kappa shape index (κ2) is 5.16. The molecule has 0 aromatic carbocycles. The van der Waals surface area contributed by atoms with Crippen LogP contribution in [0.1, 0.15) is 17.3 Å². The molecule has 0 amide bonds. The zero-order valence-corrected chi connectivity index (χ0v) is 9.33. The standard InChI is InChI=1S/C12H11N3O2/c1-2-17-12(16)10-7-14-8-15-11(10)9-3-5-13-6-4-9/h3-8H,2H2,1H3. The van der Waals surface area contributed by atoms with E-state index in [1.54, 1.807) is 31.5 Å². The molecule has 0 aliphatic rings. The first-order valence-electron chi connectivity index (χ1n) is 5.20. The van der Waals surface area contributed by atoms with Gasteiger partial charge in [0.2, 0.25) is 0 Å². The van der Waals surface area contributed by atoms with Crippen molar-refractivity contribution in [2.45, 2.75) is 6.92 Å². The molecule has 0 aliphatic heterocycles. The van der Waals surface area contributed by atoms with Crippen molar-refractivity contribution in [2.75, 3.05) is 6.61 Å². The lowest BCUT2D eigenvalue weighted by molar-refractivity contribution is 0.0526. The number of hydrogen-bond acceptors (Lipinski definition) is 5. The normalized spacial score (nSPS) is 9.94. The van der Waals surface area contributed by atoms with E-state index in [-0.39, 0.29) is 0 Å². The second-order valence-corrected chi connectivity index (χ2v) is 3.24. The lowest BCUT2D eigenvalue weighted by Gasteiger charge is -2.06. The van der Waals surface area contributed by atoms with E-state index < -0.39 is 5.97 Å². The Morgan fingerprint density at radius 1 is 1.29 bits per heavy atom. The summed E-state index contributed by atoms with van der Waals surface area (Å²) in [7, 11) is 0. The van der Waals surface area contributed by atoms with Crippen molar-refractivity contribution in [3.63, 3.8) is 0 Å². The van der Waals surface area contributed by atoms with Crippen molar-refractivity contribution >= 4 is 5.97 Å². The minimum Gasteiger partial charge on any atom is -0.462 e. The van der Waals surface area contributed by atoms with E-state index in [0.717, 1.165) is 5.56 Å². The molecule has 2 aromatic rings. The smallest absolute Gasteiger partial charge is 0.341 e. The van der Waals surface area contributed by atoms with Gasteiger partial charge in [0.25, 0.3) is 0 Å². The van der Waals surface area contributed by atoms with E-state index >= 15 is 0 Å².